The van der Waals surface area contributed by atoms with Crippen LogP contribution in [0.3, 0.4) is 0 Å². The Bertz CT molecular complexity index is 247. The van der Waals surface area contributed by atoms with Gasteiger partial charge in [-0.25, -0.2) is 0 Å². The first-order chi connectivity index (χ1) is 7.40. The molecule has 3 atom stereocenters. The molecule has 0 aliphatic rings. The molecule has 0 saturated carbocycles. The van der Waals surface area contributed by atoms with Gasteiger partial charge in [-0.15, -0.1) is 11.5 Å². The maximum Gasteiger partial charge on any atom is 0.210 e. The summed E-state index contributed by atoms with van der Waals surface area (Å²) in [5.41, 5.74) is 3.27. The van der Waals surface area contributed by atoms with Gasteiger partial charge in [-0.3, -0.25) is 0 Å². The van der Waals surface area contributed by atoms with Gasteiger partial charge in [-0.1, -0.05) is 26.6 Å². The Kier molecular flexibility index (Phi) is 5.00. The van der Waals surface area contributed by atoms with E-state index in [9.17, 15) is 0 Å². The Morgan fingerprint density at radius 3 is 2.86 bits per heavy atom. The van der Waals surface area contributed by atoms with Crippen LogP contribution >= 0.6 is 9.41 Å². The number of aliphatic hydroxyl groups excluding tert-OH is 1. The lowest BCUT2D eigenvalue weighted by molar-refractivity contribution is 0.117. The molecule has 1 unspecified atom stereocenters. The summed E-state index contributed by atoms with van der Waals surface area (Å²) in [7, 11) is -1.62. The molecule has 0 amide bonds. The van der Waals surface area contributed by atoms with E-state index in [0.29, 0.717) is 13.0 Å². The average molecular weight is 236 g/mol. The van der Waals surface area contributed by atoms with E-state index in [0.717, 1.165) is 0 Å². The SMILES string of the molecule is [3H]OC[C@H](C)[C@@H](CC#C[Si](C)(C)C)OP[3H]. The van der Waals surface area contributed by atoms with Crippen LogP contribution in [0.5, 0.6) is 0 Å². The highest BCUT2D eigenvalue weighted by atomic mass is 31.0. The lowest BCUT2D eigenvalue weighted by Gasteiger charge is -2.18. The highest BCUT2D eigenvalue weighted by Gasteiger charge is 2.15. The second kappa shape index (κ2) is 6.58. The van der Waals surface area contributed by atoms with Crippen molar-refractivity contribution in [1.82, 2.24) is 0 Å². The summed E-state index contributed by atoms with van der Waals surface area (Å²) in [6, 6.07) is 0. The summed E-state index contributed by atoms with van der Waals surface area (Å²) in [5.74, 6) is 3.24. The third-order valence-electron chi connectivity index (χ3n) is 1.82. The second-order valence-corrected chi connectivity index (χ2v) is 9.54. The van der Waals surface area contributed by atoms with Crippen LogP contribution in [0.15, 0.2) is 0 Å². The maximum atomic E-state index is 7.10. The Balaban J connectivity index is 4.26. The van der Waals surface area contributed by atoms with Crippen molar-refractivity contribution in [3.8, 4) is 11.5 Å². The van der Waals surface area contributed by atoms with Crippen molar-refractivity contribution in [2.24, 2.45) is 5.92 Å². The largest absolute Gasteiger partial charge is 0.396 e. The standard InChI is InChI=1S/C10H21O2PSi/c1-9(8-11)10(12-13)6-5-7-14(2,3)4/h9-11H,6,8,13H2,1-4H3/t9-,10+/m0/s1/i11T,13T/t9-,10+,13?. The zero-order valence-corrected chi connectivity index (χ0v) is 11.4. The van der Waals surface area contributed by atoms with Crippen LogP contribution in [0.2, 0.25) is 19.6 Å². The highest BCUT2D eigenvalue weighted by molar-refractivity contribution is 7.09. The molecule has 0 aromatic heterocycles. The second-order valence-electron chi connectivity index (χ2n) is 4.56. The van der Waals surface area contributed by atoms with E-state index in [1.54, 1.807) is 0 Å². The van der Waals surface area contributed by atoms with Gasteiger partial charge in [0.05, 0.1) is 7.38 Å². The van der Waals surface area contributed by atoms with Crippen molar-refractivity contribution in [3.05, 3.63) is 0 Å². The normalized spacial score (nSPS) is 18.3. The quantitative estimate of drug-likeness (QED) is 0.434. The van der Waals surface area contributed by atoms with E-state index in [1.165, 1.54) is 0 Å². The zero-order valence-electron chi connectivity index (χ0n) is 11.4. The summed E-state index contributed by atoms with van der Waals surface area (Å²) in [4.78, 5) is 0. The number of hydrogen-bond donors (Lipinski definition) is 1. The van der Waals surface area contributed by atoms with E-state index >= 15 is 0 Å². The number of hydrogen-bond acceptors (Lipinski definition) is 2. The van der Waals surface area contributed by atoms with Crippen LogP contribution in [0.25, 0.3) is 0 Å². The molecule has 0 spiro atoms. The summed E-state index contributed by atoms with van der Waals surface area (Å²) in [6.45, 7) is 8.86. The third kappa shape index (κ3) is 6.56. The van der Waals surface area contributed by atoms with E-state index in [-0.39, 0.29) is 21.4 Å². The van der Waals surface area contributed by atoms with Crippen LogP contribution in [-0.4, -0.2) is 28.6 Å². The van der Waals surface area contributed by atoms with Crippen LogP contribution in [0, 0.1) is 17.4 Å². The van der Waals surface area contributed by atoms with Crippen LogP contribution in [0.4, 0.5) is 0 Å². The molecule has 0 radical (unpaired) electrons. The molecule has 14 heavy (non-hydrogen) atoms. The summed E-state index contributed by atoms with van der Waals surface area (Å²) in [6.07, 6.45) is 0.533. The number of rotatable bonds is 6. The van der Waals surface area contributed by atoms with Crippen molar-refractivity contribution in [2.75, 3.05) is 6.61 Å². The van der Waals surface area contributed by atoms with E-state index in [2.05, 4.69) is 36.2 Å². The molecule has 0 aliphatic carbocycles. The molecule has 82 valence electrons. The van der Waals surface area contributed by atoms with Gasteiger partial charge < -0.3 is 9.63 Å². The Hall–Kier alpha value is 0.127. The maximum absolute atomic E-state index is 7.10. The first kappa shape index (κ1) is 10.6. The van der Waals surface area contributed by atoms with Gasteiger partial charge in [0.2, 0.25) is 1.43 Å². The van der Waals surface area contributed by atoms with Crippen molar-refractivity contribution in [1.29, 1.82) is 2.71 Å². The van der Waals surface area contributed by atoms with Crippen molar-refractivity contribution in [3.63, 3.8) is 0 Å². The van der Waals surface area contributed by atoms with Gasteiger partial charge in [0, 0.05) is 28.4 Å². The van der Waals surface area contributed by atoms with Crippen LogP contribution < -0.4 is 0 Å². The average Bonchev–Trinajstić information content (AvgIpc) is 2.15. The molecule has 0 aromatic rings. The molecular weight excluding hydrogens is 211 g/mol. The van der Waals surface area contributed by atoms with E-state index < -0.39 is 8.07 Å². The van der Waals surface area contributed by atoms with E-state index in [4.69, 9.17) is 7.23 Å². The predicted molar refractivity (Wildman–Crippen MR) is 66.6 cm³/mol. The van der Waals surface area contributed by atoms with E-state index in [1.807, 2.05) is 6.92 Å². The summed E-state index contributed by atoms with van der Waals surface area (Å²) in [5, 5.41) is 4.35. The lowest BCUT2D eigenvalue weighted by Crippen LogP contribution is -2.22. The van der Waals surface area contributed by atoms with Gasteiger partial charge in [0.15, 0.2) is 0 Å². The minimum atomic E-state index is -1.33. The minimum Gasteiger partial charge on any atom is -0.396 e. The molecule has 0 aromatic carbocycles. The first-order valence-electron chi connectivity index (χ1n) is 5.72. The molecule has 0 aliphatic heterocycles. The summed E-state index contributed by atoms with van der Waals surface area (Å²) >= 11 is 0. The van der Waals surface area contributed by atoms with Crippen molar-refractivity contribution in [2.45, 2.75) is 39.1 Å². The van der Waals surface area contributed by atoms with Gasteiger partial charge in [0.25, 0.3) is 0 Å². The van der Waals surface area contributed by atoms with Crippen LogP contribution in [0.1, 0.15) is 13.3 Å². The molecule has 0 heterocycles. The van der Waals surface area contributed by atoms with Crippen molar-refractivity contribution >= 4 is 17.5 Å². The van der Waals surface area contributed by atoms with Gasteiger partial charge in [0.1, 0.15) is 8.07 Å². The zero-order chi connectivity index (χ0) is 12.6. The minimum absolute atomic E-state index is 0.0926. The van der Waals surface area contributed by atoms with Gasteiger partial charge >= 0.3 is 0 Å². The third-order valence-corrected chi connectivity index (χ3v) is 3.05. The fourth-order valence-corrected chi connectivity index (χ4v) is 1.83. The smallest absolute Gasteiger partial charge is 0.210 e. The monoisotopic (exact) mass is 236 g/mol. The summed E-state index contributed by atoms with van der Waals surface area (Å²) < 4.78 is 19.1. The topological polar surface area (TPSA) is 29.5 Å². The fourth-order valence-electron chi connectivity index (χ4n) is 0.883. The Morgan fingerprint density at radius 2 is 2.36 bits per heavy atom. The predicted octanol–water partition coefficient (Wildman–Crippen LogP) is 2.06. The molecule has 4 heteroatoms. The highest BCUT2D eigenvalue weighted by Crippen LogP contribution is 2.13. The van der Waals surface area contributed by atoms with Gasteiger partial charge in [-0.05, 0) is 0 Å². The van der Waals surface area contributed by atoms with Crippen molar-refractivity contribution < 1.29 is 9.63 Å². The first-order valence-corrected chi connectivity index (χ1v) is 8.72. The molecule has 0 saturated heterocycles. The van der Waals surface area contributed by atoms with Gasteiger partial charge in [-0.2, -0.15) is 0 Å². The number of aliphatic hydroxyl groups is 1. The Morgan fingerprint density at radius 1 is 1.64 bits per heavy atom. The molecule has 0 rings (SSSR count). The molecule has 0 bridgehead atoms. The molecule has 0 fully saturated rings. The molecule has 1 N–H and O–H groups in total. The molecular formula is C10H21O2PSi. The van der Waals surface area contributed by atoms with Crippen LogP contribution in [-0.2, 0) is 4.52 Å². The molecule has 2 nitrogen and oxygen atoms in total. The lowest BCUT2D eigenvalue weighted by atomic mass is 10.0. The fraction of sp³-hybridized carbons (Fsp3) is 0.800. The Labute approximate surface area is 93.5 Å².